The van der Waals surface area contributed by atoms with Crippen LogP contribution in [0.5, 0.6) is 5.75 Å². The van der Waals surface area contributed by atoms with Gasteiger partial charge in [-0.05, 0) is 18.6 Å². The zero-order valence-electron chi connectivity index (χ0n) is 29.7. The normalized spacial score (nSPS) is 11.4. The lowest BCUT2D eigenvalue weighted by Crippen LogP contribution is -2.15. The maximum atomic E-state index is 5.66. The highest BCUT2D eigenvalue weighted by Gasteiger charge is 1.97. The summed E-state index contributed by atoms with van der Waals surface area (Å²) in [5.74, 6) is 0.849. The smallest absolute Gasteiger partial charge is 0.119 e. The molecule has 0 N–H and O–H groups in total. The molecule has 47 heavy (non-hydrogen) atoms. The van der Waals surface area contributed by atoms with Gasteiger partial charge in [0, 0.05) is 6.61 Å². The van der Waals surface area contributed by atoms with Gasteiger partial charge < -0.3 is 47.4 Å². The average molecular weight is 673 g/mol. The van der Waals surface area contributed by atoms with Crippen molar-refractivity contribution in [2.24, 2.45) is 0 Å². The summed E-state index contributed by atoms with van der Waals surface area (Å²) in [7, 11) is 0. The third-order valence-electron chi connectivity index (χ3n) is 7.11. The van der Waals surface area contributed by atoms with Crippen LogP contribution in [-0.4, -0.2) is 126 Å². The molecule has 0 heterocycles. The van der Waals surface area contributed by atoms with Crippen LogP contribution in [0.2, 0.25) is 0 Å². The number of hydrogen-bond acceptors (Lipinski definition) is 10. The second kappa shape index (κ2) is 39.1. The molecule has 276 valence electrons. The molecule has 1 rings (SSSR count). The molecule has 0 atom stereocenters. The zero-order valence-corrected chi connectivity index (χ0v) is 29.7. The Kier molecular flexibility index (Phi) is 36.3. The van der Waals surface area contributed by atoms with Crippen molar-refractivity contribution in [3.63, 3.8) is 0 Å². The van der Waals surface area contributed by atoms with Crippen LogP contribution in [0, 0.1) is 0 Å². The van der Waals surface area contributed by atoms with E-state index in [2.05, 4.69) is 6.92 Å². The number of ether oxygens (including phenoxy) is 10. The Morgan fingerprint density at radius 3 is 0.915 bits per heavy atom. The summed E-state index contributed by atoms with van der Waals surface area (Å²) in [5.41, 5.74) is 0. The quantitative estimate of drug-likeness (QED) is 0.0717. The van der Waals surface area contributed by atoms with Gasteiger partial charge in [0.05, 0.1) is 112 Å². The minimum atomic E-state index is 0.523. The number of hydrogen-bond donors (Lipinski definition) is 0. The summed E-state index contributed by atoms with van der Waals surface area (Å²) in [4.78, 5) is 0. The molecule has 0 aliphatic rings. The SMILES string of the molecule is CCCCCCCCCCCCCOCCOCCOCCOCCOCCOCCOCCOCCOCCOc1ccccc1. The first-order chi connectivity index (χ1) is 23.4. The molecule has 0 bridgehead atoms. The van der Waals surface area contributed by atoms with Crippen LogP contribution in [0.1, 0.15) is 77.6 Å². The summed E-state index contributed by atoms with van der Waals surface area (Å²) in [6.07, 6.45) is 14.9. The molecule has 10 nitrogen and oxygen atoms in total. The van der Waals surface area contributed by atoms with E-state index < -0.39 is 0 Å². The Morgan fingerprint density at radius 1 is 0.298 bits per heavy atom. The van der Waals surface area contributed by atoms with Gasteiger partial charge >= 0.3 is 0 Å². The van der Waals surface area contributed by atoms with E-state index in [0.29, 0.717) is 119 Å². The van der Waals surface area contributed by atoms with E-state index in [1.165, 1.54) is 64.2 Å². The van der Waals surface area contributed by atoms with Gasteiger partial charge in [-0.2, -0.15) is 0 Å². The fourth-order valence-corrected chi connectivity index (χ4v) is 4.46. The maximum Gasteiger partial charge on any atom is 0.119 e. The molecule has 1 aromatic carbocycles. The third kappa shape index (κ3) is 35.8. The van der Waals surface area contributed by atoms with Crippen molar-refractivity contribution in [2.75, 3.05) is 126 Å². The van der Waals surface area contributed by atoms with Crippen LogP contribution >= 0.6 is 0 Å². The molecule has 0 saturated heterocycles. The van der Waals surface area contributed by atoms with Crippen LogP contribution in [0.25, 0.3) is 0 Å². The minimum absolute atomic E-state index is 0.523. The Balaban J connectivity index is 1.60. The lowest BCUT2D eigenvalue weighted by Gasteiger charge is -2.09. The first-order valence-corrected chi connectivity index (χ1v) is 18.3. The highest BCUT2D eigenvalue weighted by Crippen LogP contribution is 2.11. The van der Waals surface area contributed by atoms with E-state index in [4.69, 9.17) is 47.4 Å². The van der Waals surface area contributed by atoms with Gasteiger partial charge in [0.25, 0.3) is 0 Å². The highest BCUT2D eigenvalue weighted by atomic mass is 16.6. The minimum Gasteiger partial charge on any atom is -0.491 e. The molecule has 0 aliphatic heterocycles. The van der Waals surface area contributed by atoms with E-state index in [-0.39, 0.29) is 0 Å². The average Bonchev–Trinajstić information content (AvgIpc) is 3.09. The maximum absolute atomic E-state index is 5.66. The predicted octanol–water partition coefficient (Wildman–Crippen LogP) is 6.53. The molecule has 0 unspecified atom stereocenters. The molecule has 0 aromatic heterocycles. The molecule has 10 heteroatoms. The fourth-order valence-electron chi connectivity index (χ4n) is 4.46. The Hall–Kier alpha value is -1.34. The summed E-state index contributed by atoms with van der Waals surface area (Å²) < 4.78 is 55.3. The first kappa shape index (κ1) is 43.7. The van der Waals surface area contributed by atoms with Crippen LogP contribution in [0.15, 0.2) is 30.3 Å². The molecule has 1 aromatic rings. The van der Waals surface area contributed by atoms with Crippen molar-refractivity contribution in [2.45, 2.75) is 77.6 Å². The summed E-state index contributed by atoms with van der Waals surface area (Å²) in [6.45, 7) is 13.0. The lowest BCUT2D eigenvalue weighted by molar-refractivity contribution is -0.0254. The van der Waals surface area contributed by atoms with E-state index in [1.807, 2.05) is 30.3 Å². The summed E-state index contributed by atoms with van der Waals surface area (Å²) in [5, 5.41) is 0. The van der Waals surface area contributed by atoms with Gasteiger partial charge in [-0.3, -0.25) is 0 Å². The topological polar surface area (TPSA) is 92.3 Å². The molecule has 0 fully saturated rings. The number of unbranched alkanes of at least 4 members (excludes halogenated alkanes) is 10. The summed E-state index contributed by atoms with van der Waals surface area (Å²) in [6, 6.07) is 9.70. The number of para-hydroxylation sites is 1. The second-order valence-electron chi connectivity index (χ2n) is 11.2. The van der Waals surface area contributed by atoms with Crippen molar-refractivity contribution in [3.8, 4) is 5.75 Å². The molecular formula is C37H68O10. The number of benzene rings is 1. The molecular weight excluding hydrogens is 604 g/mol. The van der Waals surface area contributed by atoms with Crippen molar-refractivity contribution < 1.29 is 47.4 Å². The van der Waals surface area contributed by atoms with Crippen LogP contribution in [0.4, 0.5) is 0 Å². The van der Waals surface area contributed by atoms with E-state index >= 15 is 0 Å². The van der Waals surface area contributed by atoms with Crippen LogP contribution < -0.4 is 4.74 Å². The van der Waals surface area contributed by atoms with Gasteiger partial charge in [0.15, 0.2) is 0 Å². The summed E-state index contributed by atoms with van der Waals surface area (Å²) >= 11 is 0. The van der Waals surface area contributed by atoms with Gasteiger partial charge in [0.2, 0.25) is 0 Å². The Bertz CT molecular complexity index is 697. The van der Waals surface area contributed by atoms with Crippen LogP contribution in [0.3, 0.4) is 0 Å². The van der Waals surface area contributed by atoms with E-state index in [0.717, 1.165) is 18.8 Å². The standard InChI is InChI=1S/C37H68O10/c1-2-3-4-5-6-7-8-9-10-11-15-18-38-19-20-39-21-22-40-23-24-41-25-26-42-27-28-43-29-30-44-31-32-45-33-34-46-35-36-47-37-16-13-12-14-17-37/h12-14,16-17H,2-11,15,18-36H2,1H3. The largest absolute Gasteiger partial charge is 0.491 e. The van der Waals surface area contributed by atoms with E-state index in [1.54, 1.807) is 0 Å². The van der Waals surface area contributed by atoms with Crippen molar-refractivity contribution in [3.05, 3.63) is 30.3 Å². The first-order valence-electron chi connectivity index (χ1n) is 18.3. The predicted molar refractivity (Wildman–Crippen MR) is 186 cm³/mol. The van der Waals surface area contributed by atoms with Gasteiger partial charge in [-0.25, -0.2) is 0 Å². The lowest BCUT2D eigenvalue weighted by atomic mass is 10.1. The van der Waals surface area contributed by atoms with Crippen molar-refractivity contribution in [1.29, 1.82) is 0 Å². The highest BCUT2D eigenvalue weighted by molar-refractivity contribution is 5.20. The van der Waals surface area contributed by atoms with Gasteiger partial charge in [-0.1, -0.05) is 89.3 Å². The number of rotatable bonds is 40. The molecule has 0 spiro atoms. The fraction of sp³-hybridized carbons (Fsp3) is 0.838. The molecule has 0 saturated carbocycles. The van der Waals surface area contributed by atoms with Gasteiger partial charge in [-0.15, -0.1) is 0 Å². The molecule has 0 radical (unpaired) electrons. The van der Waals surface area contributed by atoms with Crippen molar-refractivity contribution >= 4 is 0 Å². The van der Waals surface area contributed by atoms with E-state index in [9.17, 15) is 0 Å². The van der Waals surface area contributed by atoms with Crippen LogP contribution in [-0.2, 0) is 42.6 Å². The Labute approximate surface area is 286 Å². The molecule has 0 amide bonds. The monoisotopic (exact) mass is 672 g/mol. The zero-order chi connectivity index (χ0) is 33.4. The van der Waals surface area contributed by atoms with Gasteiger partial charge in [0.1, 0.15) is 12.4 Å². The molecule has 0 aliphatic carbocycles. The second-order valence-corrected chi connectivity index (χ2v) is 11.2. The Morgan fingerprint density at radius 2 is 0.574 bits per heavy atom. The third-order valence-corrected chi connectivity index (χ3v) is 7.11. The van der Waals surface area contributed by atoms with Crippen molar-refractivity contribution in [1.82, 2.24) is 0 Å².